The van der Waals surface area contributed by atoms with Crippen molar-refractivity contribution in [3.63, 3.8) is 0 Å². The van der Waals surface area contributed by atoms with Gasteiger partial charge in [-0.3, -0.25) is 9.59 Å². The first-order valence-electron chi connectivity index (χ1n) is 4.37. The van der Waals surface area contributed by atoms with Crippen LogP contribution < -0.4 is 15.8 Å². The molecule has 0 aromatic heterocycles. The molecule has 0 unspecified atom stereocenters. The number of primary amides is 1. The van der Waals surface area contributed by atoms with Crippen LogP contribution in [0.1, 0.15) is 10.4 Å². The molecule has 1 rings (SSSR count). The molecule has 0 aliphatic carbocycles. The quantitative estimate of drug-likeness (QED) is 0.725. The topological polar surface area (TPSA) is 81.4 Å². The zero-order valence-corrected chi connectivity index (χ0v) is 8.32. The molecule has 5 nitrogen and oxygen atoms in total. The van der Waals surface area contributed by atoms with Gasteiger partial charge in [-0.05, 0) is 12.1 Å². The number of nitrogens with two attached hydrogens (primary N) is 1. The van der Waals surface area contributed by atoms with Crippen LogP contribution in [-0.4, -0.2) is 25.5 Å². The lowest BCUT2D eigenvalue weighted by Crippen LogP contribution is -2.25. The summed E-state index contributed by atoms with van der Waals surface area (Å²) in [5.41, 5.74) is 5.40. The Labute approximate surface area is 87.2 Å². The summed E-state index contributed by atoms with van der Waals surface area (Å²) in [6, 6.07) is 6.50. The number of carbonyl (C=O) groups excluding carboxylic acids is 2. The number of para-hydroxylation sites is 1. The SMILES string of the molecule is CNC(=O)COc1ccccc1C(N)=O. The molecule has 1 aromatic carbocycles. The highest BCUT2D eigenvalue weighted by Crippen LogP contribution is 2.16. The molecule has 0 aliphatic rings. The van der Waals surface area contributed by atoms with Crippen molar-refractivity contribution in [2.75, 3.05) is 13.7 Å². The van der Waals surface area contributed by atoms with Crippen LogP contribution in [0.2, 0.25) is 0 Å². The predicted octanol–water partition coefficient (Wildman–Crippen LogP) is -0.0897. The molecule has 0 fully saturated rings. The molecule has 0 heterocycles. The van der Waals surface area contributed by atoms with Gasteiger partial charge < -0.3 is 15.8 Å². The van der Waals surface area contributed by atoms with Crippen LogP contribution >= 0.6 is 0 Å². The van der Waals surface area contributed by atoms with Gasteiger partial charge in [0.25, 0.3) is 11.8 Å². The monoisotopic (exact) mass is 208 g/mol. The number of benzene rings is 1. The van der Waals surface area contributed by atoms with Gasteiger partial charge in [0.2, 0.25) is 0 Å². The fourth-order valence-corrected chi connectivity index (χ4v) is 1.01. The van der Waals surface area contributed by atoms with Crippen LogP contribution in [-0.2, 0) is 4.79 Å². The zero-order valence-electron chi connectivity index (χ0n) is 8.32. The summed E-state index contributed by atoms with van der Waals surface area (Å²) in [5.74, 6) is -0.537. The highest BCUT2D eigenvalue weighted by molar-refractivity contribution is 5.95. The largest absolute Gasteiger partial charge is 0.483 e. The van der Waals surface area contributed by atoms with Crippen molar-refractivity contribution in [1.29, 1.82) is 0 Å². The molecule has 5 heteroatoms. The normalized spacial score (nSPS) is 9.40. The van der Waals surface area contributed by atoms with Crippen molar-refractivity contribution in [2.45, 2.75) is 0 Å². The standard InChI is InChI=1S/C10H12N2O3/c1-12-9(13)6-15-8-5-3-2-4-7(8)10(11)14/h2-5H,6H2,1H3,(H2,11,14)(H,12,13). The Kier molecular flexibility index (Phi) is 3.68. The number of likely N-dealkylation sites (N-methyl/N-ethyl adjacent to an activating group) is 1. The van der Waals surface area contributed by atoms with Crippen molar-refractivity contribution in [3.8, 4) is 5.75 Å². The third-order valence-electron chi connectivity index (χ3n) is 1.79. The highest BCUT2D eigenvalue weighted by Gasteiger charge is 2.09. The molecular weight excluding hydrogens is 196 g/mol. The first-order chi connectivity index (χ1) is 7.15. The lowest BCUT2D eigenvalue weighted by Gasteiger charge is -2.07. The van der Waals surface area contributed by atoms with Gasteiger partial charge in [0.1, 0.15) is 5.75 Å². The Morgan fingerprint density at radius 3 is 2.67 bits per heavy atom. The Bertz CT molecular complexity index is 377. The van der Waals surface area contributed by atoms with Crippen molar-refractivity contribution in [1.82, 2.24) is 5.32 Å². The molecule has 0 saturated carbocycles. The van der Waals surface area contributed by atoms with E-state index in [2.05, 4.69) is 5.32 Å². The van der Waals surface area contributed by atoms with E-state index in [4.69, 9.17) is 10.5 Å². The second-order valence-electron chi connectivity index (χ2n) is 2.82. The maximum atomic E-state index is 11.0. The molecule has 80 valence electrons. The average Bonchev–Trinajstić information content (AvgIpc) is 2.26. The summed E-state index contributed by atoms with van der Waals surface area (Å²) in [5, 5.41) is 2.40. The number of amides is 2. The summed E-state index contributed by atoms with van der Waals surface area (Å²) in [6.45, 7) is -0.138. The van der Waals surface area contributed by atoms with Gasteiger partial charge in [-0.25, -0.2) is 0 Å². The maximum Gasteiger partial charge on any atom is 0.257 e. The summed E-state index contributed by atoms with van der Waals surface area (Å²) >= 11 is 0. The van der Waals surface area contributed by atoms with E-state index >= 15 is 0 Å². The summed E-state index contributed by atoms with van der Waals surface area (Å²) in [7, 11) is 1.51. The van der Waals surface area contributed by atoms with E-state index in [-0.39, 0.29) is 18.1 Å². The zero-order chi connectivity index (χ0) is 11.3. The number of carbonyl (C=O) groups is 2. The van der Waals surface area contributed by atoms with E-state index in [1.807, 2.05) is 0 Å². The van der Waals surface area contributed by atoms with Gasteiger partial charge in [0.15, 0.2) is 6.61 Å². The van der Waals surface area contributed by atoms with Crippen LogP contribution in [0, 0.1) is 0 Å². The first kappa shape index (κ1) is 11.0. The van der Waals surface area contributed by atoms with Gasteiger partial charge in [0, 0.05) is 7.05 Å². The third-order valence-corrected chi connectivity index (χ3v) is 1.79. The summed E-state index contributed by atoms with van der Waals surface area (Å²) < 4.78 is 5.14. The van der Waals surface area contributed by atoms with Crippen molar-refractivity contribution in [2.24, 2.45) is 5.73 Å². The van der Waals surface area contributed by atoms with Crippen molar-refractivity contribution < 1.29 is 14.3 Å². The molecule has 2 amide bonds. The fraction of sp³-hybridized carbons (Fsp3) is 0.200. The second-order valence-corrected chi connectivity index (χ2v) is 2.82. The third kappa shape index (κ3) is 2.98. The second kappa shape index (κ2) is 4.99. The van der Waals surface area contributed by atoms with Gasteiger partial charge in [-0.1, -0.05) is 12.1 Å². The number of hydrogen-bond donors (Lipinski definition) is 2. The predicted molar refractivity (Wildman–Crippen MR) is 54.5 cm³/mol. The lowest BCUT2D eigenvalue weighted by atomic mass is 10.2. The van der Waals surface area contributed by atoms with E-state index in [1.54, 1.807) is 24.3 Å². The van der Waals surface area contributed by atoms with Gasteiger partial charge in [-0.2, -0.15) is 0 Å². The lowest BCUT2D eigenvalue weighted by molar-refractivity contribution is -0.122. The molecule has 15 heavy (non-hydrogen) atoms. The van der Waals surface area contributed by atoms with Crippen LogP contribution in [0.25, 0.3) is 0 Å². The minimum atomic E-state index is -0.581. The van der Waals surface area contributed by atoms with E-state index < -0.39 is 5.91 Å². The Morgan fingerprint density at radius 2 is 2.07 bits per heavy atom. The molecule has 0 atom stereocenters. The van der Waals surface area contributed by atoms with E-state index in [1.165, 1.54) is 7.05 Å². The molecule has 0 aliphatic heterocycles. The Balaban J connectivity index is 2.76. The van der Waals surface area contributed by atoms with Crippen LogP contribution in [0.15, 0.2) is 24.3 Å². The number of nitrogens with one attached hydrogen (secondary N) is 1. The molecule has 0 bridgehead atoms. The van der Waals surface area contributed by atoms with Crippen LogP contribution in [0.3, 0.4) is 0 Å². The Morgan fingerprint density at radius 1 is 1.40 bits per heavy atom. The van der Waals surface area contributed by atoms with Crippen molar-refractivity contribution in [3.05, 3.63) is 29.8 Å². The van der Waals surface area contributed by atoms with E-state index in [0.29, 0.717) is 5.75 Å². The minimum Gasteiger partial charge on any atom is -0.483 e. The molecule has 0 radical (unpaired) electrons. The molecule has 0 saturated heterocycles. The molecule has 0 spiro atoms. The highest BCUT2D eigenvalue weighted by atomic mass is 16.5. The maximum absolute atomic E-state index is 11.0. The average molecular weight is 208 g/mol. The van der Waals surface area contributed by atoms with Crippen LogP contribution in [0.5, 0.6) is 5.75 Å². The molecule has 3 N–H and O–H groups in total. The smallest absolute Gasteiger partial charge is 0.257 e. The van der Waals surface area contributed by atoms with Gasteiger partial charge >= 0.3 is 0 Å². The van der Waals surface area contributed by atoms with Gasteiger partial charge in [-0.15, -0.1) is 0 Å². The minimum absolute atomic E-state index is 0.138. The first-order valence-corrected chi connectivity index (χ1v) is 4.37. The van der Waals surface area contributed by atoms with E-state index in [9.17, 15) is 9.59 Å². The number of ether oxygens (including phenoxy) is 1. The molecular formula is C10H12N2O3. The number of rotatable bonds is 4. The molecule has 1 aromatic rings. The van der Waals surface area contributed by atoms with Gasteiger partial charge in [0.05, 0.1) is 5.56 Å². The van der Waals surface area contributed by atoms with Crippen LogP contribution in [0.4, 0.5) is 0 Å². The Hall–Kier alpha value is -2.04. The summed E-state index contributed by atoms with van der Waals surface area (Å²) in [4.78, 5) is 21.9. The fourth-order valence-electron chi connectivity index (χ4n) is 1.01. The van der Waals surface area contributed by atoms with Crippen molar-refractivity contribution >= 4 is 11.8 Å². The van der Waals surface area contributed by atoms with E-state index in [0.717, 1.165) is 0 Å². The summed E-state index contributed by atoms with van der Waals surface area (Å²) in [6.07, 6.45) is 0. The number of hydrogen-bond acceptors (Lipinski definition) is 3.